The molecular weight excluding hydrogens is 552 g/mol. The van der Waals surface area contributed by atoms with E-state index in [0.717, 1.165) is 0 Å². The predicted octanol–water partition coefficient (Wildman–Crippen LogP) is 4.58. The van der Waals surface area contributed by atoms with Gasteiger partial charge in [0.15, 0.2) is 5.78 Å². The van der Waals surface area contributed by atoms with Crippen molar-refractivity contribution in [2.75, 3.05) is 0 Å². The molecular formula is C33H50N2O8. The number of rotatable bonds is 18. The summed E-state index contributed by atoms with van der Waals surface area (Å²) in [7, 11) is 0. The standard InChI is InChI=1S/C33H50N2O8/c1-9-22(4)26(19-30(39)42-25-13-11-10-12-14-25)32(41)35-27(15-16-29(38)43-33(6,7)8)28(37)18-23(5)31(40)34-24(20-36)17-21(2)3/h10-14,20-24,26-27H,9,15-19H2,1-8H3,(H,34,40)(H,35,41)/t22-,23+,24-,26-,27-/m0/s1. The lowest BCUT2D eigenvalue weighted by Crippen LogP contribution is -2.47. The third-order valence-electron chi connectivity index (χ3n) is 6.96. The summed E-state index contributed by atoms with van der Waals surface area (Å²) in [5.41, 5.74) is -0.724. The molecule has 0 saturated heterocycles. The molecule has 10 nitrogen and oxygen atoms in total. The number of ketones is 1. The molecule has 2 amide bonds. The summed E-state index contributed by atoms with van der Waals surface area (Å²) in [6.07, 6.45) is 1.13. The Kier molecular flexibility index (Phi) is 15.8. The van der Waals surface area contributed by atoms with Crippen molar-refractivity contribution in [1.29, 1.82) is 0 Å². The van der Waals surface area contributed by atoms with E-state index in [4.69, 9.17) is 9.47 Å². The van der Waals surface area contributed by atoms with Crippen molar-refractivity contribution in [3.8, 4) is 5.75 Å². The van der Waals surface area contributed by atoms with Gasteiger partial charge in [-0.1, -0.05) is 59.2 Å². The van der Waals surface area contributed by atoms with E-state index in [1.54, 1.807) is 58.0 Å². The van der Waals surface area contributed by atoms with Gasteiger partial charge in [-0.3, -0.25) is 24.0 Å². The van der Waals surface area contributed by atoms with Crippen LogP contribution >= 0.6 is 0 Å². The minimum Gasteiger partial charge on any atom is -0.460 e. The number of ether oxygens (including phenoxy) is 2. The number of hydrogen-bond acceptors (Lipinski definition) is 8. The van der Waals surface area contributed by atoms with Crippen molar-refractivity contribution in [2.24, 2.45) is 23.7 Å². The SMILES string of the molecule is CC[C@H](C)[C@H](CC(=O)Oc1ccccc1)C(=O)N[C@@H](CCC(=O)OC(C)(C)C)C(=O)C[C@@H](C)C(=O)N[C@H](C=O)CC(C)C. The van der Waals surface area contributed by atoms with Gasteiger partial charge in [0.25, 0.3) is 0 Å². The number of carbonyl (C=O) groups excluding carboxylic acids is 6. The van der Waals surface area contributed by atoms with Gasteiger partial charge in [0, 0.05) is 18.8 Å². The number of aldehydes is 1. The number of carbonyl (C=O) groups is 6. The average Bonchev–Trinajstić information content (AvgIpc) is 2.92. The fourth-order valence-electron chi connectivity index (χ4n) is 4.44. The fraction of sp³-hybridized carbons (Fsp3) is 0.636. The second-order valence-corrected chi connectivity index (χ2v) is 12.6. The van der Waals surface area contributed by atoms with Crippen LogP contribution in [0.3, 0.4) is 0 Å². The van der Waals surface area contributed by atoms with E-state index in [9.17, 15) is 28.8 Å². The highest BCUT2D eigenvalue weighted by Gasteiger charge is 2.33. The van der Waals surface area contributed by atoms with Crippen LogP contribution in [0.1, 0.15) is 93.9 Å². The van der Waals surface area contributed by atoms with Gasteiger partial charge in [-0.15, -0.1) is 0 Å². The van der Waals surface area contributed by atoms with Gasteiger partial charge in [0.05, 0.1) is 24.4 Å². The fourth-order valence-corrected chi connectivity index (χ4v) is 4.44. The number of benzene rings is 1. The van der Waals surface area contributed by atoms with Crippen molar-refractivity contribution in [3.63, 3.8) is 0 Å². The van der Waals surface area contributed by atoms with E-state index in [1.165, 1.54) is 0 Å². The normalized spacial score (nSPS) is 14.9. The Bertz CT molecular complexity index is 1080. The van der Waals surface area contributed by atoms with Crippen LogP contribution in [-0.4, -0.2) is 53.5 Å². The molecule has 43 heavy (non-hydrogen) atoms. The maximum absolute atomic E-state index is 13.5. The summed E-state index contributed by atoms with van der Waals surface area (Å²) in [4.78, 5) is 76.3. The highest BCUT2D eigenvalue weighted by atomic mass is 16.6. The number of esters is 2. The first kappa shape index (κ1) is 37.5. The lowest BCUT2D eigenvalue weighted by atomic mass is 9.87. The average molecular weight is 603 g/mol. The molecule has 0 fully saturated rings. The summed E-state index contributed by atoms with van der Waals surface area (Å²) < 4.78 is 10.8. The smallest absolute Gasteiger partial charge is 0.311 e. The first-order chi connectivity index (χ1) is 20.1. The molecule has 0 aliphatic rings. The molecule has 0 heterocycles. The molecule has 2 N–H and O–H groups in total. The summed E-state index contributed by atoms with van der Waals surface area (Å²) >= 11 is 0. The maximum atomic E-state index is 13.5. The lowest BCUT2D eigenvalue weighted by molar-refractivity contribution is -0.155. The highest BCUT2D eigenvalue weighted by Crippen LogP contribution is 2.22. The van der Waals surface area contributed by atoms with Crippen LogP contribution in [-0.2, 0) is 33.5 Å². The molecule has 5 atom stereocenters. The van der Waals surface area contributed by atoms with Crippen molar-refractivity contribution < 1.29 is 38.2 Å². The molecule has 0 radical (unpaired) electrons. The zero-order chi connectivity index (χ0) is 32.7. The van der Waals surface area contributed by atoms with Crippen LogP contribution < -0.4 is 15.4 Å². The van der Waals surface area contributed by atoms with Crippen LogP contribution in [0.15, 0.2) is 30.3 Å². The second kappa shape index (κ2) is 18.2. The molecule has 0 spiro atoms. The molecule has 240 valence electrons. The Labute approximate surface area is 256 Å². The van der Waals surface area contributed by atoms with Crippen LogP contribution in [0.25, 0.3) is 0 Å². The Morgan fingerprint density at radius 1 is 0.884 bits per heavy atom. The Morgan fingerprint density at radius 2 is 1.51 bits per heavy atom. The number of para-hydroxylation sites is 1. The first-order valence-electron chi connectivity index (χ1n) is 15.1. The predicted molar refractivity (Wildman–Crippen MR) is 163 cm³/mol. The molecule has 0 aliphatic carbocycles. The molecule has 0 unspecified atom stereocenters. The minimum atomic E-state index is -1.09. The minimum absolute atomic E-state index is 0.0418. The van der Waals surface area contributed by atoms with E-state index in [1.807, 2.05) is 27.7 Å². The number of Topliss-reactive ketones (excluding diaryl/α,β-unsaturated/α-hetero) is 1. The Morgan fingerprint density at radius 3 is 2.05 bits per heavy atom. The van der Waals surface area contributed by atoms with E-state index >= 15 is 0 Å². The van der Waals surface area contributed by atoms with E-state index in [2.05, 4.69) is 10.6 Å². The number of amides is 2. The van der Waals surface area contributed by atoms with Crippen molar-refractivity contribution in [3.05, 3.63) is 30.3 Å². The van der Waals surface area contributed by atoms with Crippen LogP contribution in [0.4, 0.5) is 0 Å². The number of hydrogen-bond donors (Lipinski definition) is 2. The zero-order valence-corrected chi connectivity index (χ0v) is 26.9. The van der Waals surface area contributed by atoms with Crippen LogP contribution in [0.5, 0.6) is 5.75 Å². The zero-order valence-electron chi connectivity index (χ0n) is 26.9. The highest BCUT2D eigenvalue weighted by molar-refractivity contribution is 5.94. The van der Waals surface area contributed by atoms with Gasteiger partial charge in [-0.2, -0.15) is 0 Å². The van der Waals surface area contributed by atoms with Crippen LogP contribution in [0.2, 0.25) is 0 Å². The van der Waals surface area contributed by atoms with Gasteiger partial charge < -0.3 is 24.9 Å². The Hall–Kier alpha value is -3.56. The maximum Gasteiger partial charge on any atom is 0.311 e. The largest absolute Gasteiger partial charge is 0.460 e. The molecule has 10 heteroatoms. The topological polar surface area (TPSA) is 145 Å². The van der Waals surface area contributed by atoms with Gasteiger partial charge in [0.2, 0.25) is 11.8 Å². The summed E-state index contributed by atoms with van der Waals surface area (Å²) in [5.74, 6) is -3.77. The monoisotopic (exact) mass is 602 g/mol. The molecule has 0 aromatic heterocycles. The third-order valence-corrected chi connectivity index (χ3v) is 6.96. The molecule has 0 aliphatic heterocycles. The van der Waals surface area contributed by atoms with E-state index < -0.39 is 59.1 Å². The first-order valence-corrected chi connectivity index (χ1v) is 15.1. The molecule has 0 saturated carbocycles. The lowest BCUT2D eigenvalue weighted by Gasteiger charge is -2.26. The second-order valence-electron chi connectivity index (χ2n) is 12.6. The van der Waals surface area contributed by atoms with Crippen molar-refractivity contribution in [2.45, 2.75) is 112 Å². The van der Waals surface area contributed by atoms with E-state index in [0.29, 0.717) is 24.9 Å². The summed E-state index contributed by atoms with van der Waals surface area (Å²) in [6, 6.07) is 6.76. The third kappa shape index (κ3) is 14.9. The number of nitrogens with one attached hydrogen (secondary N) is 2. The Balaban J connectivity index is 3.07. The van der Waals surface area contributed by atoms with E-state index in [-0.39, 0.29) is 37.5 Å². The van der Waals surface area contributed by atoms with Gasteiger partial charge in [-0.25, -0.2) is 0 Å². The van der Waals surface area contributed by atoms with Crippen LogP contribution in [0, 0.1) is 23.7 Å². The van der Waals surface area contributed by atoms with Gasteiger partial charge >= 0.3 is 11.9 Å². The van der Waals surface area contributed by atoms with Crippen molar-refractivity contribution in [1.82, 2.24) is 10.6 Å². The van der Waals surface area contributed by atoms with Gasteiger partial charge in [0.1, 0.15) is 17.6 Å². The molecule has 1 aromatic carbocycles. The quantitative estimate of drug-likeness (QED) is 0.141. The summed E-state index contributed by atoms with van der Waals surface area (Å²) in [6.45, 7) is 14.4. The van der Waals surface area contributed by atoms with Gasteiger partial charge in [-0.05, 0) is 57.6 Å². The van der Waals surface area contributed by atoms with Crippen molar-refractivity contribution >= 4 is 35.8 Å². The summed E-state index contributed by atoms with van der Waals surface area (Å²) in [5, 5.41) is 5.42. The molecule has 1 aromatic rings. The molecule has 1 rings (SSSR count). The molecule has 0 bridgehead atoms.